The molecule has 0 atom stereocenters. The maximum absolute atomic E-state index is 2.59. The number of benzene rings is 12. The first-order chi connectivity index (χ1) is 30.8. The van der Waals surface area contributed by atoms with E-state index in [4.69, 9.17) is 0 Å². The summed E-state index contributed by atoms with van der Waals surface area (Å²) < 4.78 is 0. The molecule has 286 valence electrons. The molecule has 0 bridgehead atoms. The Morgan fingerprint density at radius 2 is 0.710 bits per heavy atom. The summed E-state index contributed by atoms with van der Waals surface area (Å²) in [5.41, 5.74) is 13.6. The molecule has 62 heavy (non-hydrogen) atoms. The van der Waals surface area contributed by atoms with Crippen LogP contribution in [-0.2, 0) is 5.41 Å². The van der Waals surface area contributed by atoms with Crippen molar-refractivity contribution in [3.8, 4) is 22.3 Å². The zero-order valence-electron chi connectivity index (χ0n) is 33.8. The summed E-state index contributed by atoms with van der Waals surface area (Å²) >= 11 is 0. The van der Waals surface area contributed by atoms with E-state index in [1.54, 1.807) is 0 Å². The monoisotopic (exact) mass is 783 g/mol. The van der Waals surface area contributed by atoms with E-state index in [1.807, 2.05) is 0 Å². The van der Waals surface area contributed by atoms with Crippen LogP contribution in [0.5, 0.6) is 0 Å². The van der Waals surface area contributed by atoms with Gasteiger partial charge in [0.2, 0.25) is 0 Å². The van der Waals surface area contributed by atoms with Crippen LogP contribution >= 0.6 is 0 Å². The fraction of sp³-hybridized carbons (Fsp3) is 0.0164. The molecule has 0 amide bonds. The molecule has 1 nitrogen and oxygen atoms in total. The van der Waals surface area contributed by atoms with E-state index in [0.29, 0.717) is 0 Å². The molecule has 2 aliphatic carbocycles. The van der Waals surface area contributed by atoms with Gasteiger partial charge in [0.1, 0.15) is 0 Å². The molecule has 2 aliphatic rings. The van der Waals surface area contributed by atoms with Crippen molar-refractivity contribution in [2.24, 2.45) is 0 Å². The molecule has 0 fully saturated rings. The lowest BCUT2D eigenvalue weighted by Gasteiger charge is -2.33. The summed E-state index contributed by atoms with van der Waals surface area (Å²) in [5, 5.41) is 15.1. The predicted octanol–water partition coefficient (Wildman–Crippen LogP) is 16.4. The minimum Gasteiger partial charge on any atom is -0.309 e. The average molecular weight is 784 g/mol. The Bertz CT molecular complexity index is 3780. The lowest BCUT2D eigenvalue weighted by Crippen LogP contribution is -2.26. The van der Waals surface area contributed by atoms with Crippen LogP contribution < -0.4 is 4.90 Å². The number of hydrogen-bond acceptors (Lipinski definition) is 1. The summed E-state index contributed by atoms with van der Waals surface area (Å²) in [6.07, 6.45) is 0. The topological polar surface area (TPSA) is 3.24 Å². The molecule has 12 aromatic rings. The zero-order valence-corrected chi connectivity index (χ0v) is 33.8. The van der Waals surface area contributed by atoms with Crippen molar-refractivity contribution >= 4 is 81.7 Å². The summed E-state index contributed by atoms with van der Waals surface area (Å²) in [4.78, 5) is 2.59. The van der Waals surface area contributed by atoms with Crippen LogP contribution in [0.2, 0.25) is 0 Å². The Hall–Kier alpha value is -8.00. The zero-order chi connectivity index (χ0) is 40.5. The van der Waals surface area contributed by atoms with Gasteiger partial charge in [-0.1, -0.05) is 200 Å². The van der Waals surface area contributed by atoms with Crippen LogP contribution in [0.1, 0.15) is 22.3 Å². The highest BCUT2D eigenvalue weighted by Gasteiger charge is 2.51. The number of anilines is 3. The van der Waals surface area contributed by atoms with Gasteiger partial charge >= 0.3 is 0 Å². The van der Waals surface area contributed by atoms with E-state index < -0.39 is 5.41 Å². The molecule has 0 saturated heterocycles. The molecular formula is C61H37N. The van der Waals surface area contributed by atoms with E-state index in [0.717, 1.165) is 17.1 Å². The van der Waals surface area contributed by atoms with Crippen LogP contribution in [-0.4, -0.2) is 0 Å². The van der Waals surface area contributed by atoms with Crippen LogP contribution in [0.25, 0.3) is 86.9 Å². The summed E-state index contributed by atoms with van der Waals surface area (Å²) in [7, 11) is 0. The molecule has 1 spiro atoms. The van der Waals surface area contributed by atoms with Crippen LogP contribution in [0, 0.1) is 0 Å². The second-order valence-electron chi connectivity index (χ2n) is 17.1. The Morgan fingerprint density at radius 3 is 1.34 bits per heavy atom. The fourth-order valence-corrected chi connectivity index (χ4v) is 11.8. The average Bonchev–Trinajstić information content (AvgIpc) is 3.81. The molecule has 0 aliphatic heterocycles. The summed E-state index contributed by atoms with van der Waals surface area (Å²) in [5.74, 6) is 0. The third-order valence-corrected chi connectivity index (χ3v) is 14.2. The summed E-state index contributed by atoms with van der Waals surface area (Å²) in [6.45, 7) is 0. The predicted molar refractivity (Wildman–Crippen MR) is 262 cm³/mol. The molecular weight excluding hydrogens is 747 g/mol. The van der Waals surface area contributed by atoms with E-state index in [1.165, 1.54) is 109 Å². The van der Waals surface area contributed by atoms with Gasteiger partial charge in [0.05, 0.1) is 16.8 Å². The first kappa shape index (κ1) is 33.8. The Balaban J connectivity index is 1.15. The van der Waals surface area contributed by atoms with Crippen molar-refractivity contribution in [2.45, 2.75) is 5.41 Å². The van der Waals surface area contributed by atoms with Gasteiger partial charge in [-0.15, -0.1) is 0 Å². The fourth-order valence-electron chi connectivity index (χ4n) is 11.8. The highest BCUT2D eigenvalue weighted by Crippen LogP contribution is 2.63. The second-order valence-corrected chi connectivity index (χ2v) is 17.1. The van der Waals surface area contributed by atoms with Gasteiger partial charge in [0.15, 0.2) is 0 Å². The normalized spacial score (nSPS) is 13.3. The van der Waals surface area contributed by atoms with E-state index in [2.05, 4.69) is 229 Å². The van der Waals surface area contributed by atoms with Crippen LogP contribution in [0.4, 0.5) is 17.1 Å². The molecule has 14 rings (SSSR count). The van der Waals surface area contributed by atoms with Crippen molar-refractivity contribution in [3.63, 3.8) is 0 Å². The van der Waals surface area contributed by atoms with Gasteiger partial charge in [-0.25, -0.2) is 0 Å². The Morgan fingerprint density at radius 1 is 0.258 bits per heavy atom. The van der Waals surface area contributed by atoms with Crippen molar-refractivity contribution in [1.29, 1.82) is 0 Å². The molecule has 1 heteroatoms. The molecule has 0 saturated carbocycles. The van der Waals surface area contributed by atoms with Crippen molar-refractivity contribution in [3.05, 3.63) is 247 Å². The van der Waals surface area contributed by atoms with Gasteiger partial charge in [0.25, 0.3) is 0 Å². The molecule has 0 heterocycles. The van der Waals surface area contributed by atoms with Crippen molar-refractivity contribution in [2.75, 3.05) is 4.90 Å². The standard InChI is InChI=1S/C61H37N/c1-2-17-41-38(16-1)32-33-39-36-58(49-24-6-8-26-52(49)59(39)41)62(57-31-15-27-51-44-19-4-3-18-42(44)43-20-5-7-25-50(43)60(51)57)40-34-35-48-47-23-11-14-30-55(47)61(56(48)37-40)53-28-12-9-21-45(53)46-22-10-13-29-54(46)61/h1-37H. The third kappa shape index (κ3) is 4.32. The third-order valence-electron chi connectivity index (χ3n) is 14.2. The maximum Gasteiger partial charge on any atom is 0.0726 e. The molecule has 12 aromatic carbocycles. The highest BCUT2D eigenvalue weighted by molar-refractivity contribution is 6.30. The van der Waals surface area contributed by atoms with Gasteiger partial charge in [-0.05, 0) is 123 Å². The quantitative estimate of drug-likeness (QED) is 0.161. The van der Waals surface area contributed by atoms with Gasteiger partial charge in [-0.3, -0.25) is 0 Å². The number of hydrogen-bond donors (Lipinski definition) is 0. The number of nitrogens with zero attached hydrogens (tertiary/aromatic N) is 1. The van der Waals surface area contributed by atoms with Crippen molar-refractivity contribution in [1.82, 2.24) is 0 Å². The Labute approximate surface area is 359 Å². The van der Waals surface area contributed by atoms with Crippen LogP contribution in [0.3, 0.4) is 0 Å². The van der Waals surface area contributed by atoms with E-state index >= 15 is 0 Å². The molecule has 0 unspecified atom stereocenters. The first-order valence-corrected chi connectivity index (χ1v) is 21.7. The lowest BCUT2D eigenvalue weighted by molar-refractivity contribution is 0.793. The Kier molecular flexibility index (Phi) is 6.82. The van der Waals surface area contributed by atoms with Crippen molar-refractivity contribution < 1.29 is 0 Å². The molecule has 0 aromatic heterocycles. The highest BCUT2D eigenvalue weighted by atomic mass is 15.1. The van der Waals surface area contributed by atoms with Gasteiger partial charge in [0, 0.05) is 16.5 Å². The van der Waals surface area contributed by atoms with Gasteiger partial charge in [-0.2, -0.15) is 0 Å². The summed E-state index contributed by atoms with van der Waals surface area (Å²) in [6, 6.07) is 84.4. The van der Waals surface area contributed by atoms with E-state index in [9.17, 15) is 0 Å². The van der Waals surface area contributed by atoms with Gasteiger partial charge < -0.3 is 4.90 Å². The van der Waals surface area contributed by atoms with E-state index in [-0.39, 0.29) is 0 Å². The first-order valence-electron chi connectivity index (χ1n) is 21.7. The minimum atomic E-state index is -0.465. The van der Waals surface area contributed by atoms with Crippen LogP contribution in [0.15, 0.2) is 224 Å². The lowest BCUT2D eigenvalue weighted by atomic mass is 9.70. The SMILES string of the molecule is c1ccc2c(c1)-c1ccccc1C21c2ccccc2-c2ccc(N(c3cc4ccc5ccccc5c4c4ccccc34)c3cccc4c5ccccc5c5ccccc5c34)cc21. The second kappa shape index (κ2) is 12.5. The number of rotatable bonds is 3. The molecule has 0 radical (unpaired) electrons. The molecule has 0 N–H and O–H groups in total. The smallest absolute Gasteiger partial charge is 0.0726 e. The largest absolute Gasteiger partial charge is 0.309 e. The number of fused-ring (bicyclic) bond motifs is 21. The minimum absolute atomic E-state index is 0.465. The maximum atomic E-state index is 2.59.